The maximum absolute atomic E-state index is 12.2. The first-order valence-electron chi connectivity index (χ1n) is 6.68. The van der Waals surface area contributed by atoms with Gasteiger partial charge in [0.05, 0.1) is 0 Å². The highest BCUT2D eigenvalue weighted by molar-refractivity contribution is 7.89. The number of piperidine rings is 1. The van der Waals surface area contributed by atoms with Gasteiger partial charge in [0, 0.05) is 25.0 Å². The smallest absolute Gasteiger partial charge is 0.245 e. The molecule has 1 aromatic heterocycles. The average molecular weight is 299 g/mol. The van der Waals surface area contributed by atoms with Crippen LogP contribution in [0.3, 0.4) is 0 Å². The lowest BCUT2D eigenvalue weighted by molar-refractivity contribution is 0.143. The largest absolute Gasteiger partial charge is 0.366 e. The summed E-state index contributed by atoms with van der Waals surface area (Å²) in [7, 11) is -1.69. The highest BCUT2D eigenvalue weighted by Gasteiger charge is 2.30. The molecule has 0 aromatic carbocycles. The second kappa shape index (κ2) is 5.67. The summed E-state index contributed by atoms with van der Waals surface area (Å²) in [5, 5.41) is 0. The number of pyridine rings is 1. The fourth-order valence-electron chi connectivity index (χ4n) is 2.29. The van der Waals surface area contributed by atoms with Crippen molar-refractivity contribution in [2.45, 2.75) is 24.7 Å². The molecule has 0 bridgehead atoms. The molecule has 2 N–H and O–H groups in total. The summed E-state index contributed by atoms with van der Waals surface area (Å²) in [5.74, 6) is 0. The van der Waals surface area contributed by atoms with Crippen LogP contribution < -0.4 is 10.2 Å². The van der Waals surface area contributed by atoms with Gasteiger partial charge in [-0.2, -0.15) is 0 Å². The highest BCUT2D eigenvalue weighted by atomic mass is 32.2. The zero-order valence-corrected chi connectivity index (χ0v) is 12.7. The minimum atomic E-state index is -3.75. The Morgan fingerprint density at radius 1 is 1.40 bits per heavy atom. The van der Waals surface area contributed by atoms with Gasteiger partial charge in [-0.3, -0.25) is 4.79 Å². The molecule has 1 saturated heterocycles. The van der Waals surface area contributed by atoms with E-state index in [2.05, 4.69) is 28.6 Å². The molecule has 0 spiro atoms. The summed E-state index contributed by atoms with van der Waals surface area (Å²) in [6, 6.07) is 1.21. The number of nitrogens with one attached hydrogen (secondary N) is 2. The van der Waals surface area contributed by atoms with Gasteiger partial charge in [-0.1, -0.05) is 6.92 Å². The van der Waals surface area contributed by atoms with Gasteiger partial charge in [0.25, 0.3) is 0 Å². The molecular formula is C13H21N3O3S. The van der Waals surface area contributed by atoms with Gasteiger partial charge < -0.3 is 9.88 Å². The molecule has 1 aliphatic rings. The number of aromatic amines is 1. The summed E-state index contributed by atoms with van der Waals surface area (Å²) < 4.78 is 26.9. The van der Waals surface area contributed by atoms with E-state index in [4.69, 9.17) is 0 Å². The molecule has 6 nitrogen and oxygen atoms in total. The van der Waals surface area contributed by atoms with Crippen molar-refractivity contribution in [3.8, 4) is 0 Å². The van der Waals surface area contributed by atoms with E-state index in [1.165, 1.54) is 18.5 Å². The Hall–Kier alpha value is -1.18. The molecule has 1 aromatic rings. The van der Waals surface area contributed by atoms with Gasteiger partial charge in [-0.15, -0.1) is 0 Å². The molecule has 0 saturated carbocycles. The molecule has 0 amide bonds. The Balaban J connectivity index is 2.07. The van der Waals surface area contributed by atoms with Crippen molar-refractivity contribution in [2.24, 2.45) is 5.41 Å². The number of aromatic nitrogens is 1. The van der Waals surface area contributed by atoms with Crippen LogP contribution in [0.2, 0.25) is 0 Å². The summed E-state index contributed by atoms with van der Waals surface area (Å²) in [4.78, 5) is 16.2. The number of rotatable bonds is 4. The first kappa shape index (κ1) is 15.2. The summed E-state index contributed by atoms with van der Waals surface area (Å²) in [6.45, 7) is 4.36. The zero-order chi connectivity index (χ0) is 14.8. The van der Waals surface area contributed by atoms with E-state index in [1.54, 1.807) is 0 Å². The normalized spacial score (nSPS) is 19.9. The van der Waals surface area contributed by atoms with Crippen LogP contribution in [-0.2, 0) is 10.0 Å². The second-order valence-corrected chi connectivity index (χ2v) is 7.55. The maximum atomic E-state index is 12.2. The molecule has 20 heavy (non-hydrogen) atoms. The van der Waals surface area contributed by atoms with Crippen LogP contribution in [0, 0.1) is 5.41 Å². The third-order valence-electron chi connectivity index (χ3n) is 3.96. The average Bonchev–Trinajstić information content (AvgIpc) is 2.41. The molecule has 0 aliphatic carbocycles. The van der Waals surface area contributed by atoms with E-state index in [1.807, 2.05) is 0 Å². The third kappa shape index (κ3) is 3.47. The Kier molecular flexibility index (Phi) is 4.31. The van der Waals surface area contributed by atoms with Gasteiger partial charge >= 0.3 is 0 Å². The van der Waals surface area contributed by atoms with Crippen LogP contribution in [0.5, 0.6) is 0 Å². The predicted molar refractivity (Wildman–Crippen MR) is 77.1 cm³/mol. The molecule has 112 valence electrons. The Morgan fingerprint density at radius 3 is 2.65 bits per heavy atom. The second-order valence-electron chi connectivity index (χ2n) is 5.81. The maximum Gasteiger partial charge on any atom is 0.245 e. The molecule has 2 heterocycles. The van der Waals surface area contributed by atoms with Crippen molar-refractivity contribution in [3.63, 3.8) is 0 Å². The van der Waals surface area contributed by atoms with Gasteiger partial charge in [-0.05, 0) is 38.4 Å². The highest BCUT2D eigenvalue weighted by Crippen LogP contribution is 2.29. The number of hydrogen-bond acceptors (Lipinski definition) is 4. The third-order valence-corrected chi connectivity index (χ3v) is 5.38. The Morgan fingerprint density at radius 2 is 2.05 bits per heavy atom. The Labute approximate surface area is 119 Å². The standard InChI is InChI=1S/C13H21N3O3S/c1-13(4-7-16(2)8-5-13)10-15-20(18,19)12-9-14-6-3-11(12)17/h3,6,9,15H,4-5,7-8,10H2,1-2H3,(H,14,17). The molecule has 1 fully saturated rings. The van der Waals surface area contributed by atoms with E-state index >= 15 is 0 Å². The molecule has 1 aliphatic heterocycles. The fourth-order valence-corrected chi connectivity index (χ4v) is 3.54. The van der Waals surface area contributed by atoms with Crippen LogP contribution in [-0.4, -0.2) is 45.0 Å². The molecule has 2 rings (SSSR count). The number of hydrogen-bond donors (Lipinski definition) is 2. The quantitative estimate of drug-likeness (QED) is 0.842. The van der Waals surface area contributed by atoms with Crippen LogP contribution in [0.1, 0.15) is 19.8 Å². The number of H-pyrrole nitrogens is 1. The van der Waals surface area contributed by atoms with E-state index in [0.717, 1.165) is 25.9 Å². The van der Waals surface area contributed by atoms with Gasteiger partial charge in [-0.25, -0.2) is 13.1 Å². The van der Waals surface area contributed by atoms with Gasteiger partial charge in [0.1, 0.15) is 4.90 Å². The lowest BCUT2D eigenvalue weighted by atomic mass is 9.81. The summed E-state index contributed by atoms with van der Waals surface area (Å²) in [5.41, 5.74) is -0.550. The van der Waals surface area contributed by atoms with E-state index < -0.39 is 15.5 Å². The molecule has 0 unspecified atom stereocenters. The SMILES string of the molecule is CN1CCC(C)(CNS(=O)(=O)c2c[nH]ccc2=O)CC1. The van der Waals surface area contributed by atoms with Crippen molar-refractivity contribution in [1.29, 1.82) is 0 Å². The summed E-state index contributed by atoms with van der Waals surface area (Å²) in [6.07, 6.45) is 4.52. The summed E-state index contributed by atoms with van der Waals surface area (Å²) >= 11 is 0. The first-order chi connectivity index (χ1) is 9.32. The molecular weight excluding hydrogens is 278 g/mol. The topological polar surface area (TPSA) is 82.3 Å². The van der Waals surface area contributed by atoms with Crippen LogP contribution in [0.25, 0.3) is 0 Å². The lowest BCUT2D eigenvalue weighted by Crippen LogP contribution is -2.44. The van der Waals surface area contributed by atoms with Crippen molar-refractivity contribution >= 4 is 10.0 Å². The fraction of sp³-hybridized carbons (Fsp3) is 0.615. The van der Waals surface area contributed by atoms with E-state index in [0.29, 0.717) is 6.54 Å². The zero-order valence-electron chi connectivity index (χ0n) is 11.8. The lowest BCUT2D eigenvalue weighted by Gasteiger charge is -2.37. The molecule has 7 heteroatoms. The number of likely N-dealkylation sites (tertiary alicyclic amines) is 1. The molecule has 0 radical (unpaired) electrons. The van der Waals surface area contributed by atoms with Crippen molar-refractivity contribution < 1.29 is 8.42 Å². The van der Waals surface area contributed by atoms with Crippen molar-refractivity contribution in [3.05, 3.63) is 28.7 Å². The van der Waals surface area contributed by atoms with Crippen LogP contribution in [0.4, 0.5) is 0 Å². The van der Waals surface area contributed by atoms with Crippen LogP contribution in [0.15, 0.2) is 28.2 Å². The number of nitrogens with zero attached hydrogens (tertiary/aromatic N) is 1. The minimum absolute atomic E-state index is 0.0544. The van der Waals surface area contributed by atoms with Gasteiger partial charge in [0.2, 0.25) is 15.5 Å². The van der Waals surface area contributed by atoms with Crippen molar-refractivity contribution in [1.82, 2.24) is 14.6 Å². The number of sulfonamides is 1. The first-order valence-corrected chi connectivity index (χ1v) is 8.16. The molecule has 0 atom stereocenters. The van der Waals surface area contributed by atoms with Gasteiger partial charge in [0.15, 0.2) is 0 Å². The van der Waals surface area contributed by atoms with E-state index in [9.17, 15) is 13.2 Å². The van der Waals surface area contributed by atoms with Crippen molar-refractivity contribution in [2.75, 3.05) is 26.7 Å². The monoisotopic (exact) mass is 299 g/mol. The minimum Gasteiger partial charge on any atom is -0.366 e. The van der Waals surface area contributed by atoms with Crippen LogP contribution >= 0.6 is 0 Å². The Bertz CT molecular complexity index is 616. The predicted octanol–water partition coefficient (Wildman–Crippen LogP) is 0.385. The van der Waals surface area contributed by atoms with E-state index in [-0.39, 0.29) is 10.3 Å².